The van der Waals surface area contributed by atoms with Crippen molar-refractivity contribution in [1.82, 2.24) is 0 Å². The Balaban J connectivity index is 2.89. The second-order valence-electron chi connectivity index (χ2n) is 3.32. The van der Waals surface area contributed by atoms with Crippen molar-refractivity contribution in [3.8, 4) is 11.5 Å². The summed E-state index contributed by atoms with van der Waals surface area (Å²) in [7, 11) is 1.30. The Morgan fingerprint density at radius 2 is 2.06 bits per heavy atom. The first kappa shape index (κ1) is 14.2. The molecule has 1 rings (SSSR count). The molecule has 6 heteroatoms. The molecule has 98 valence electrons. The van der Waals surface area contributed by atoms with E-state index >= 15 is 0 Å². The van der Waals surface area contributed by atoms with E-state index in [1.807, 2.05) is 6.92 Å². The SMILES string of the molecule is CCOc1cc(C(N)=S)ccc1OCC(=O)OC. The number of esters is 1. The van der Waals surface area contributed by atoms with Crippen molar-refractivity contribution in [1.29, 1.82) is 0 Å². The van der Waals surface area contributed by atoms with Crippen LogP contribution < -0.4 is 15.2 Å². The van der Waals surface area contributed by atoms with Gasteiger partial charge in [-0.25, -0.2) is 4.79 Å². The minimum absolute atomic E-state index is 0.178. The van der Waals surface area contributed by atoms with Gasteiger partial charge in [0.05, 0.1) is 13.7 Å². The van der Waals surface area contributed by atoms with E-state index < -0.39 is 5.97 Å². The number of hydrogen-bond donors (Lipinski definition) is 1. The summed E-state index contributed by atoms with van der Waals surface area (Å²) >= 11 is 4.88. The van der Waals surface area contributed by atoms with Crippen molar-refractivity contribution >= 4 is 23.2 Å². The topological polar surface area (TPSA) is 70.8 Å². The highest BCUT2D eigenvalue weighted by molar-refractivity contribution is 7.80. The van der Waals surface area contributed by atoms with E-state index in [2.05, 4.69) is 4.74 Å². The molecule has 0 aromatic heterocycles. The Labute approximate surface area is 111 Å². The lowest BCUT2D eigenvalue weighted by molar-refractivity contribution is -0.142. The van der Waals surface area contributed by atoms with Crippen LogP contribution in [0.3, 0.4) is 0 Å². The maximum Gasteiger partial charge on any atom is 0.343 e. The first-order chi connectivity index (χ1) is 8.58. The van der Waals surface area contributed by atoms with E-state index in [1.54, 1.807) is 18.2 Å². The third-order valence-electron chi connectivity index (χ3n) is 2.10. The van der Waals surface area contributed by atoms with Crippen molar-refractivity contribution < 1.29 is 19.0 Å². The third kappa shape index (κ3) is 3.89. The molecular weight excluding hydrogens is 254 g/mol. The van der Waals surface area contributed by atoms with Gasteiger partial charge in [0.25, 0.3) is 0 Å². The lowest BCUT2D eigenvalue weighted by Gasteiger charge is -2.12. The van der Waals surface area contributed by atoms with Crippen LogP contribution in [0.2, 0.25) is 0 Å². The zero-order valence-corrected chi connectivity index (χ0v) is 11.1. The molecule has 0 aliphatic carbocycles. The quantitative estimate of drug-likeness (QED) is 0.619. The van der Waals surface area contributed by atoms with Gasteiger partial charge in [-0.2, -0.15) is 0 Å². The van der Waals surface area contributed by atoms with E-state index in [4.69, 9.17) is 27.4 Å². The van der Waals surface area contributed by atoms with E-state index in [9.17, 15) is 4.79 Å². The highest BCUT2D eigenvalue weighted by Crippen LogP contribution is 2.28. The van der Waals surface area contributed by atoms with E-state index in [1.165, 1.54) is 7.11 Å². The molecule has 0 aliphatic rings. The van der Waals surface area contributed by atoms with Crippen LogP contribution in [0.1, 0.15) is 12.5 Å². The molecule has 0 atom stereocenters. The van der Waals surface area contributed by atoms with Crippen LogP contribution in [0.15, 0.2) is 18.2 Å². The van der Waals surface area contributed by atoms with Crippen LogP contribution in [0.25, 0.3) is 0 Å². The number of methoxy groups -OCH3 is 1. The predicted molar refractivity (Wildman–Crippen MR) is 71.0 cm³/mol. The van der Waals surface area contributed by atoms with Gasteiger partial charge in [0.15, 0.2) is 18.1 Å². The van der Waals surface area contributed by atoms with Crippen molar-refractivity contribution in [2.24, 2.45) is 5.73 Å². The normalized spacial score (nSPS) is 9.67. The predicted octanol–water partition coefficient (Wildman–Crippen LogP) is 1.27. The number of hydrogen-bond acceptors (Lipinski definition) is 5. The van der Waals surface area contributed by atoms with Gasteiger partial charge in [-0.15, -0.1) is 0 Å². The Hall–Kier alpha value is -1.82. The fourth-order valence-corrected chi connectivity index (χ4v) is 1.37. The molecule has 0 unspecified atom stereocenters. The molecular formula is C12H15NO4S. The first-order valence-electron chi connectivity index (χ1n) is 5.34. The Kier molecular flexibility index (Phi) is 5.38. The van der Waals surface area contributed by atoms with Crippen LogP contribution in [0.5, 0.6) is 11.5 Å². The van der Waals surface area contributed by atoms with Gasteiger partial charge >= 0.3 is 5.97 Å². The van der Waals surface area contributed by atoms with Crippen molar-refractivity contribution in [2.45, 2.75) is 6.92 Å². The van der Waals surface area contributed by atoms with Crippen LogP contribution in [0, 0.1) is 0 Å². The molecule has 0 bridgehead atoms. The minimum atomic E-state index is -0.462. The number of carbonyl (C=O) groups excluding carboxylic acids is 1. The molecule has 5 nitrogen and oxygen atoms in total. The van der Waals surface area contributed by atoms with Crippen LogP contribution in [-0.4, -0.2) is 31.3 Å². The summed E-state index contributed by atoms with van der Waals surface area (Å²) < 4.78 is 15.2. The molecule has 0 heterocycles. The van der Waals surface area contributed by atoms with Crippen LogP contribution in [-0.2, 0) is 9.53 Å². The fourth-order valence-electron chi connectivity index (χ4n) is 1.24. The number of thiocarbonyl (C=S) groups is 1. The number of benzene rings is 1. The highest BCUT2D eigenvalue weighted by atomic mass is 32.1. The Bertz CT molecular complexity index is 448. The van der Waals surface area contributed by atoms with Crippen LogP contribution >= 0.6 is 12.2 Å². The average Bonchev–Trinajstić information content (AvgIpc) is 2.36. The van der Waals surface area contributed by atoms with Gasteiger partial charge in [-0.1, -0.05) is 12.2 Å². The van der Waals surface area contributed by atoms with Crippen molar-refractivity contribution in [3.63, 3.8) is 0 Å². The fraction of sp³-hybridized carbons (Fsp3) is 0.333. The second kappa shape index (κ2) is 6.80. The van der Waals surface area contributed by atoms with Crippen molar-refractivity contribution in [3.05, 3.63) is 23.8 Å². The Morgan fingerprint density at radius 3 is 2.61 bits per heavy atom. The smallest absolute Gasteiger partial charge is 0.343 e. The zero-order valence-electron chi connectivity index (χ0n) is 10.3. The Morgan fingerprint density at radius 1 is 1.33 bits per heavy atom. The summed E-state index contributed by atoms with van der Waals surface area (Å²) in [5.41, 5.74) is 6.21. The lowest BCUT2D eigenvalue weighted by atomic mass is 10.2. The standard InChI is InChI=1S/C12H15NO4S/c1-3-16-10-6-8(12(13)18)4-5-9(10)17-7-11(14)15-2/h4-6H,3,7H2,1-2H3,(H2,13,18). The molecule has 0 saturated carbocycles. The van der Waals surface area contributed by atoms with E-state index in [0.29, 0.717) is 23.7 Å². The summed E-state index contributed by atoms with van der Waals surface area (Å²) in [6, 6.07) is 5.04. The summed E-state index contributed by atoms with van der Waals surface area (Å²) in [4.78, 5) is 11.3. The third-order valence-corrected chi connectivity index (χ3v) is 2.34. The highest BCUT2D eigenvalue weighted by Gasteiger charge is 2.10. The van der Waals surface area contributed by atoms with Crippen LogP contribution in [0.4, 0.5) is 0 Å². The maximum absolute atomic E-state index is 11.0. The lowest BCUT2D eigenvalue weighted by Crippen LogP contribution is -2.14. The van der Waals surface area contributed by atoms with Gasteiger partial charge in [-0.05, 0) is 25.1 Å². The molecule has 1 aromatic rings. The molecule has 0 spiro atoms. The number of carbonyl (C=O) groups is 1. The molecule has 1 aromatic carbocycles. The number of nitrogens with two attached hydrogens (primary N) is 1. The molecule has 2 N–H and O–H groups in total. The molecule has 0 amide bonds. The molecule has 0 saturated heterocycles. The maximum atomic E-state index is 11.0. The number of rotatable bonds is 6. The summed E-state index contributed by atoms with van der Waals surface area (Å²) in [6.45, 7) is 2.13. The minimum Gasteiger partial charge on any atom is -0.490 e. The summed E-state index contributed by atoms with van der Waals surface area (Å²) in [5.74, 6) is 0.477. The first-order valence-corrected chi connectivity index (χ1v) is 5.75. The zero-order chi connectivity index (χ0) is 13.5. The molecule has 18 heavy (non-hydrogen) atoms. The molecule has 0 radical (unpaired) electrons. The largest absolute Gasteiger partial charge is 0.490 e. The summed E-state index contributed by atoms with van der Waals surface area (Å²) in [6.07, 6.45) is 0. The van der Waals surface area contributed by atoms with Crippen molar-refractivity contribution in [2.75, 3.05) is 20.3 Å². The number of ether oxygens (including phenoxy) is 3. The molecule has 0 fully saturated rings. The van der Waals surface area contributed by atoms with Gasteiger partial charge in [-0.3, -0.25) is 0 Å². The van der Waals surface area contributed by atoms with Gasteiger partial charge in [0, 0.05) is 5.56 Å². The van der Waals surface area contributed by atoms with Gasteiger partial charge in [0.1, 0.15) is 4.99 Å². The molecule has 0 aliphatic heterocycles. The second-order valence-corrected chi connectivity index (χ2v) is 3.76. The van der Waals surface area contributed by atoms with Gasteiger partial charge < -0.3 is 19.9 Å². The van der Waals surface area contributed by atoms with E-state index in [-0.39, 0.29) is 11.6 Å². The summed E-state index contributed by atoms with van der Waals surface area (Å²) in [5, 5.41) is 0. The van der Waals surface area contributed by atoms with Gasteiger partial charge in [0.2, 0.25) is 0 Å². The van der Waals surface area contributed by atoms with E-state index in [0.717, 1.165) is 0 Å². The average molecular weight is 269 g/mol. The monoisotopic (exact) mass is 269 g/mol.